The third-order valence-corrected chi connectivity index (χ3v) is 22.3. The van der Waals surface area contributed by atoms with Crippen molar-refractivity contribution in [2.24, 2.45) is 11.8 Å². The smallest absolute Gasteiger partial charge is 0.508 e. The first-order valence-corrected chi connectivity index (χ1v) is 46.4. The number of nitrogens with zero attached hydrogens (tertiary/aromatic N) is 2. The van der Waals surface area contributed by atoms with Crippen LogP contribution in [0.1, 0.15) is 309 Å². The Morgan fingerprint density at radius 2 is 0.603 bits per heavy atom. The fraction of sp³-hybridized carbons (Fsp3) is 0.396. The van der Waals surface area contributed by atoms with E-state index in [-0.39, 0.29) is 99.8 Å². The first kappa shape index (κ1) is 119. The van der Waals surface area contributed by atoms with Crippen LogP contribution in [0.15, 0.2) is 170 Å². The number of amides is 3. The molecule has 0 atom stereocenters. The highest BCUT2D eigenvalue weighted by Gasteiger charge is 2.50. The number of rotatable bonds is 19. The number of nitrogens with two attached hydrogens (primary N) is 1. The molecule has 11 rings (SSSR count). The van der Waals surface area contributed by atoms with Gasteiger partial charge in [0.1, 0.15) is 40.4 Å². The monoisotopic (exact) mass is 2020 g/mol. The second kappa shape index (κ2) is 47.0. The Morgan fingerprint density at radius 3 is 0.904 bits per heavy atom. The van der Waals surface area contributed by atoms with Gasteiger partial charge >= 0.3 is 30.0 Å². The van der Waals surface area contributed by atoms with Crippen LogP contribution in [0, 0.1) is 49.5 Å². The molecule has 2 saturated heterocycles. The minimum Gasteiger partial charge on any atom is -0.508 e. The fourth-order valence-corrected chi connectivity index (χ4v) is 15.0. The molecule has 9 aromatic carbocycles. The predicted molar refractivity (Wildman–Crippen MR) is 544 cm³/mol. The van der Waals surface area contributed by atoms with E-state index in [2.05, 4.69) is 62.2 Å². The lowest BCUT2D eigenvalue weighted by Gasteiger charge is -2.32. The number of nitro groups is 2. The van der Waals surface area contributed by atoms with Crippen molar-refractivity contribution in [2.75, 3.05) is 28.8 Å². The van der Waals surface area contributed by atoms with Crippen molar-refractivity contribution in [1.29, 1.82) is 0 Å². The van der Waals surface area contributed by atoms with Crippen molar-refractivity contribution in [3.05, 3.63) is 280 Å². The summed E-state index contributed by atoms with van der Waals surface area (Å²) < 4.78 is 70.4. The summed E-state index contributed by atoms with van der Waals surface area (Å²) in [5.74, 6) is -17.8. The number of benzene rings is 9. The molecule has 0 saturated carbocycles. The third-order valence-electron chi connectivity index (χ3n) is 22.3. The highest BCUT2D eigenvalue weighted by atomic mass is 19.1. The number of cyclic esters (lactones) is 4. The number of para-hydroxylation sites is 2. The van der Waals surface area contributed by atoms with E-state index in [9.17, 15) is 111 Å². The van der Waals surface area contributed by atoms with Crippen LogP contribution in [-0.4, -0.2) is 121 Å². The minimum atomic E-state index is -1.85. The molecule has 0 aromatic heterocycles. The molecular formula is C111H131F3N6O26. The number of phenols is 3. The van der Waals surface area contributed by atoms with Gasteiger partial charge in [-0.05, 0) is 155 Å². The van der Waals surface area contributed by atoms with Crippen LogP contribution in [0.25, 0.3) is 0 Å². The van der Waals surface area contributed by atoms with Crippen LogP contribution in [0.3, 0.4) is 0 Å². The molecule has 782 valence electrons. The number of carbonyl (C=O) groups excluding carboxylic acids is 13. The molecule has 3 amide bonds. The maximum Gasteiger partial charge on any atom is 0.513 e. The van der Waals surface area contributed by atoms with Crippen molar-refractivity contribution in [3.8, 4) is 23.0 Å². The van der Waals surface area contributed by atoms with Crippen LogP contribution in [0.4, 0.5) is 52.1 Å². The number of hydrogen-bond donors (Lipinski definition) is 7. The second-order valence-electron chi connectivity index (χ2n) is 43.7. The number of anilines is 4. The molecule has 2 aliphatic heterocycles. The quantitative estimate of drug-likeness (QED) is 0.00578. The molecule has 8 N–H and O–H groups in total. The van der Waals surface area contributed by atoms with E-state index in [4.69, 9.17) is 29.4 Å². The number of aromatic hydroxyl groups is 3. The van der Waals surface area contributed by atoms with E-state index in [1.54, 1.807) is 18.2 Å². The van der Waals surface area contributed by atoms with E-state index in [0.717, 1.165) is 56.6 Å². The number of hydrogen-bond acceptors (Lipinski definition) is 27. The predicted octanol–water partition coefficient (Wildman–Crippen LogP) is 22.5. The Morgan fingerprint density at radius 1 is 0.356 bits per heavy atom. The van der Waals surface area contributed by atoms with Gasteiger partial charge in [-0.15, -0.1) is 0 Å². The largest absolute Gasteiger partial charge is 0.513 e. The number of phenolic OH excluding ortho intramolecular Hbond substituents is 3. The summed E-state index contributed by atoms with van der Waals surface area (Å²) in [6.45, 7) is 53.9. The third kappa shape index (κ3) is 32.6. The standard InChI is InChI=1S/C25H30FNO5.C23H28FNO3.C23H28N2O5.C14H23NO.C13H11FO5.C13H11NO7/c1-24(2,3)16-12-17(25(4,5)6)21(32-23(30)31-7)13-19(16)27-22(29)14-20(28)15-10-8-9-11-18(15)26;1-22(2,3)15-11-16(23(4,5)6)20(27)12-18(15)25-21(28)13-19(26)14-9-7-8-10-17(14)24;1-22(2,3)15-11-16(23(4,5)6)20(27)12-17(15)24-21(28)13-19(26)14-9-7-8-10-18(14)25(29)30;1-13(2,3)9-7-10(14(4,5)6)12(16)8-11(9)15;1-13(2)18-11(16)9(12(17)19-13)10(15)7-5-3-4-6-8(7)14;1-13(2)20-11(16)9(12(17)21-13)10(15)7-5-3-4-6-8(7)14(18)19/h8-13H,14H2,1-7H3,(H,27,29);7-12,27H,13H2,1-6H3,(H,25,28);7-12,27H,13H2,1-6H3,(H,24,28);7-8,16H,15H2,1-6H3;3-6,9H,1-2H3;3-6,9H,1-2H3. The number of nitrogens with one attached hydrogen (secondary N) is 3. The van der Waals surface area contributed by atoms with Crippen LogP contribution in [0.5, 0.6) is 23.0 Å². The number of ketones is 5. The zero-order valence-electron chi connectivity index (χ0n) is 87.8. The summed E-state index contributed by atoms with van der Waals surface area (Å²) in [6, 6.07) is 40.7. The Bertz CT molecular complexity index is 6440. The summed E-state index contributed by atoms with van der Waals surface area (Å²) in [5.41, 5.74) is 10.8. The molecule has 35 heteroatoms. The molecule has 9 aromatic rings. The molecule has 0 spiro atoms. The van der Waals surface area contributed by atoms with Crippen molar-refractivity contribution >= 4 is 111 Å². The van der Waals surface area contributed by atoms with Gasteiger partial charge in [-0.3, -0.25) is 77.8 Å². The van der Waals surface area contributed by atoms with Gasteiger partial charge in [0.2, 0.25) is 29.6 Å². The average molecular weight is 2020 g/mol. The number of methoxy groups -OCH3 is 1. The Hall–Kier alpha value is -15.3. The molecule has 0 bridgehead atoms. The number of nitrogen functional groups attached to an aromatic ring is 1. The van der Waals surface area contributed by atoms with E-state index < -0.39 is 152 Å². The summed E-state index contributed by atoms with van der Waals surface area (Å²) in [6.07, 6.45) is -2.44. The summed E-state index contributed by atoms with van der Waals surface area (Å²) in [7, 11) is 1.21. The number of ether oxygens (including phenoxy) is 6. The van der Waals surface area contributed by atoms with Crippen LogP contribution in [0.2, 0.25) is 0 Å². The number of Topliss-reactive ketones (excluding diaryl/α,β-unsaturated/α-hetero) is 5. The van der Waals surface area contributed by atoms with Crippen LogP contribution in [-0.2, 0) is 101 Å². The van der Waals surface area contributed by atoms with Gasteiger partial charge in [0, 0.05) is 92.4 Å². The molecule has 146 heavy (non-hydrogen) atoms. The lowest BCUT2D eigenvalue weighted by atomic mass is 9.79. The van der Waals surface area contributed by atoms with Gasteiger partial charge in [-0.2, -0.15) is 0 Å². The number of halogens is 3. The van der Waals surface area contributed by atoms with Gasteiger partial charge in [0.25, 0.3) is 22.9 Å². The van der Waals surface area contributed by atoms with E-state index >= 15 is 0 Å². The lowest BCUT2D eigenvalue weighted by Crippen LogP contribution is -2.49. The van der Waals surface area contributed by atoms with Crippen LogP contribution < -0.4 is 26.4 Å². The van der Waals surface area contributed by atoms with Crippen LogP contribution >= 0.6 is 0 Å². The Kier molecular flexibility index (Phi) is 38.5. The highest BCUT2D eigenvalue weighted by molar-refractivity contribution is 6.23. The maximum atomic E-state index is 13.9. The van der Waals surface area contributed by atoms with Gasteiger partial charge in [-0.25, -0.2) is 18.0 Å². The second-order valence-corrected chi connectivity index (χ2v) is 43.7. The topological polar surface area (TPSA) is 486 Å². The molecule has 32 nitrogen and oxygen atoms in total. The molecule has 0 unspecified atom stereocenters. The van der Waals surface area contributed by atoms with Crippen molar-refractivity contribution in [3.63, 3.8) is 0 Å². The maximum absolute atomic E-state index is 13.9. The SMILES string of the molecule is CC(C)(C)c1cc(C(C)(C)C)c(NC(=O)CC(=O)c2ccccc2F)cc1O.CC(C)(C)c1cc(C(C)(C)C)c(NC(=O)CC(=O)c2ccccc2[N+](=O)[O-])cc1O.CC(C)(C)c1cc(C(C)(C)C)c(O)cc1N.CC1(C)OC(=O)C(C(=O)c2ccccc2F)C(=O)O1.CC1(C)OC(=O)C(C(=O)c2ccccc2[N+](=O)[O-])C(=O)O1.COC(=O)Oc1cc(NC(=O)CC(=O)c2ccccc2F)c(C(C)(C)C)cc1C(C)(C)C. The zero-order valence-corrected chi connectivity index (χ0v) is 87.8. The summed E-state index contributed by atoms with van der Waals surface area (Å²) >= 11 is 0. The summed E-state index contributed by atoms with van der Waals surface area (Å²) in [4.78, 5) is 178. The minimum absolute atomic E-state index is 0.00220. The Balaban J connectivity index is 0.000000272. The normalized spacial score (nSPS) is 13.7. The Labute approximate surface area is 847 Å². The van der Waals surface area contributed by atoms with Crippen molar-refractivity contribution < 1.29 is 129 Å². The molecule has 2 aliphatic rings. The lowest BCUT2D eigenvalue weighted by molar-refractivity contribution is -0.385. The van der Waals surface area contributed by atoms with E-state index in [1.165, 1.54) is 150 Å². The molecule has 0 radical (unpaired) electrons. The molecule has 2 heterocycles. The van der Waals surface area contributed by atoms with Gasteiger partial charge in [-0.1, -0.05) is 227 Å². The zero-order chi connectivity index (χ0) is 111. The average Bonchev–Trinajstić information content (AvgIpc) is 0.784. The van der Waals surface area contributed by atoms with Gasteiger partial charge in [0.05, 0.1) is 64.0 Å². The number of nitro benzene ring substituents is 2. The molecule has 2 fully saturated rings. The first-order valence-electron chi connectivity index (χ1n) is 46.4. The van der Waals surface area contributed by atoms with Gasteiger partial charge < -0.3 is 65.4 Å². The van der Waals surface area contributed by atoms with E-state index in [0.29, 0.717) is 22.7 Å². The first-order chi connectivity index (χ1) is 66.8. The highest BCUT2D eigenvalue weighted by Crippen LogP contribution is 2.46. The van der Waals surface area contributed by atoms with Crippen molar-refractivity contribution in [1.82, 2.24) is 0 Å². The summed E-state index contributed by atoms with van der Waals surface area (Å²) in [5, 5.41) is 61.1. The van der Waals surface area contributed by atoms with Gasteiger partial charge in [0.15, 0.2) is 28.9 Å². The fourth-order valence-electron chi connectivity index (χ4n) is 15.0. The number of carbonyl (C=O) groups is 13. The van der Waals surface area contributed by atoms with Crippen molar-refractivity contribution in [2.45, 2.75) is 268 Å². The number of esters is 4. The molecular weight excluding hydrogens is 1890 g/mol. The molecule has 0 aliphatic carbocycles. The van der Waals surface area contributed by atoms with E-state index in [1.807, 2.05) is 149 Å².